The lowest BCUT2D eigenvalue weighted by Gasteiger charge is -2.07. The molecule has 0 radical (unpaired) electrons. The number of carboxylic acids is 1. The van der Waals surface area contributed by atoms with Crippen molar-refractivity contribution in [2.75, 3.05) is 0 Å². The average Bonchev–Trinajstić information content (AvgIpc) is 2.90. The van der Waals surface area contributed by atoms with Gasteiger partial charge in [-0.05, 0) is 23.6 Å². The number of aromatic carboxylic acids is 1. The number of benzene rings is 1. The lowest BCUT2D eigenvalue weighted by molar-refractivity contribution is 0.0691. The number of rotatable bonds is 2. The second kappa shape index (κ2) is 4.53. The van der Waals surface area contributed by atoms with Crippen molar-refractivity contribution in [2.24, 2.45) is 0 Å². The number of halogens is 1. The van der Waals surface area contributed by atoms with Crippen LogP contribution in [0.15, 0.2) is 40.5 Å². The SMILES string of the molecule is O=C(O)c1nn(-c2ccccc2F)c(=O)c2ccsc12. The first-order valence-electron chi connectivity index (χ1n) is 5.58. The van der Waals surface area contributed by atoms with Crippen molar-refractivity contribution in [3.05, 3.63) is 57.6 Å². The van der Waals surface area contributed by atoms with Crippen molar-refractivity contribution >= 4 is 27.4 Å². The summed E-state index contributed by atoms with van der Waals surface area (Å²) in [6.07, 6.45) is 0. The average molecular weight is 290 g/mol. The minimum atomic E-state index is -1.26. The minimum Gasteiger partial charge on any atom is -0.476 e. The Morgan fingerprint density at radius 1 is 1.30 bits per heavy atom. The van der Waals surface area contributed by atoms with Gasteiger partial charge in [0.25, 0.3) is 5.56 Å². The van der Waals surface area contributed by atoms with Crippen LogP contribution in [0.25, 0.3) is 15.8 Å². The molecule has 0 aliphatic carbocycles. The van der Waals surface area contributed by atoms with Gasteiger partial charge in [0.15, 0.2) is 5.69 Å². The summed E-state index contributed by atoms with van der Waals surface area (Å²) < 4.78 is 14.8. The molecule has 1 N–H and O–H groups in total. The molecule has 0 unspecified atom stereocenters. The van der Waals surface area contributed by atoms with E-state index in [2.05, 4.69) is 5.10 Å². The van der Waals surface area contributed by atoms with E-state index in [1.54, 1.807) is 11.4 Å². The number of carbonyl (C=O) groups is 1. The van der Waals surface area contributed by atoms with Crippen molar-refractivity contribution in [1.29, 1.82) is 0 Å². The van der Waals surface area contributed by atoms with E-state index in [9.17, 15) is 14.0 Å². The summed E-state index contributed by atoms with van der Waals surface area (Å²) in [5, 5.41) is 14.8. The Morgan fingerprint density at radius 3 is 2.75 bits per heavy atom. The van der Waals surface area contributed by atoms with Crippen LogP contribution >= 0.6 is 11.3 Å². The minimum absolute atomic E-state index is 0.0758. The molecule has 0 saturated carbocycles. The second-order valence-corrected chi connectivity index (χ2v) is 4.90. The monoisotopic (exact) mass is 290 g/mol. The molecule has 1 aromatic carbocycles. The molecule has 100 valence electrons. The van der Waals surface area contributed by atoms with Crippen molar-refractivity contribution in [2.45, 2.75) is 0 Å². The lowest BCUT2D eigenvalue weighted by Crippen LogP contribution is -2.24. The molecule has 20 heavy (non-hydrogen) atoms. The molecule has 7 heteroatoms. The van der Waals surface area contributed by atoms with Crippen molar-refractivity contribution < 1.29 is 14.3 Å². The Kier molecular flexibility index (Phi) is 2.83. The van der Waals surface area contributed by atoms with Gasteiger partial charge in [-0.2, -0.15) is 9.78 Å². The molecule has 2 aromatic heterocycles. The summed E-state index contributed by atoms with van der Waals surface area (Å²) in [6, 6.07) is 7.08. The van der Waals surface area contributed by atoms with Crippen LogP contribution in [0.1, 0.15) is 10.5 Å². The maximum absolute atomic E-state index is 13.8. The van der Waals surface area contributed by atoms with Gasteiger partial charge in [-0.1, -0.05) is 12.1 Å². The van der Waals surface area contributed by atoms with Gasteiger partial charge in [0.1, 0.15) is 11.5 Å². The van der Waals surface area contributed by atoms with Crippen LogP contribution in [-0.2, 0) is 0 Å². The zero-order chi connectivity index (χ0) is 14.3. The van der Waals surface area contributed by atoms with E-state index in [-0.39, 0.29) is 21.5 Å². The molecule has 0 atom stereocenters. The van der Waals surface area contributed by atoms with Crippen LogP contribution < -0.4 is 5.56 Å². The lowest BCUT2D eigenvalue weighted by atomic mass is 10.2. The molecule has 0 saturated heterocycles. The Morgan fingerprint density at radius 2 is 2.05 bits per heavy atom. The van der Waals surface area contributed by atoms with Crippen LogP contribution in [0.2, 0.25) is 0 Å². The van der Waals surface area contributed by atoms with Gasteiger partial charge in [-0.3, -0.25) is 4.79 Å². The normalized spacial score (nSPS) is 10.8. The molecule has 0 amide bonds. The maximum Gasteiger partial charge on any atom is 0.357 e. The fraction of sp³-hybridized carbons (Fsp3) is 0. The standard InChI is InChI=1S/C13H7FN2O3S/c14-8-3-1-2-4-9(8)16-12(17)7-5-6-20-11(7)10(15-16)13(18)19/h1-6H,(H,18,19). The third-order valence-corrected chi connectivity index (χ3v) is 3.71. The largest absolute Gasteiger partial charge is 0.476 e. The summed E-state index contributed by atoms with van der Waals surface area (Å²) in [4.78, 5) is 23.5. The Labute approximate surface area is 115 Å². The predicted octanol–water partition coefficient (Wildman–Crippen LogP) is 2.28. The van der Waals surface area contributed by atoms with Gasteiger partial charge >= 0.3 is 5.97 Å². The van der Waals surface area contributed by atoms with Gasteiger partial charge in [-0.25, -0.2) is 9.18 Å². The summed E-state index contributed by atoms with van der Waals surface area (Å²) in [6.45, 7) is 0. The predicted molar refractivity (Wildman–Crippen MR) is 72.1 cm³/mol. The molecule has 2 heterocycles. The first kappa shape index (κ1) is 12.5. The zero-order valence-electron chi connectivity index (χ0n) is 9.91. The molecule has 0 spiro atoms. The summed E-state index contributed by atoms with van der Waals surface area (Å²) in [5.74, 6) is -1.91. The Bertz CT molecular complexity index is 885. The first-order chi connectivity index (χ1) is 9.59. The molecule has 3 rings (SSSR count). The van der Waals surface area contributed by atoms with E-state index in [1.165, 1.54) is 24.3 Å². The second-order valence-electron chi connectivity index (χ2n) is 3.99. The molecular formula is C13H7FN2O3S. The van der Waals surface area contributed by atoms with Gasteiger partial charge in [0.2, 0.25) is 0 Å². The van der Waals surface area contributed by atoms with E-state index >= 15 is 0 Å². The van der Waals surface area contributed by atoms with Gasteiger partial charge in [0.05, 0.1) is 10.1 Å². The van der Waals surface area contributed by atoms with Crippen molar-refractivity contribution in [3.8, 4) is 5.69 Å². The van der Waals surface area contributed by atoms with Crippen LogP contribution in [0.5, 0.6) is 0 Å². The van der Waals surface area contributed by atoms with Crippen LogP contribution in [-0.4, -0.2) is 20.9 Å². The number of fused-ring (bicyclic) bond motifs is 1. The molecule has 0 fully saturated rings. The molecular weight excluding hydrogens is 283 g/mol. The zero-order valence-corrected chi connectivity index (χ0v) is 10.7. The molecule has 0 bridgehead atoms. The Hall–Kier alpha value is -2.54. The quantitative estimate of drug-likeness (QED) is 0.786. The number of carboxylic acid groups (broad SMARTS) is 1. The highest BCUT2D eigenvalue weighted by atomic mass is 32.1. The van der Waals surface area contributed by atoms with E-state index in [0.717, 1.165) is 16.0 Å². The van der Waals surface area contributed by atoms with E-state index in [0.29, 0.717) is 0 Å². The van der Waals surface area contributed by atoms with E-state index < -0.39 is 17.3 Å². The maximum atomic E-state index is 13.8. The number of nitrogens with zero attached hydrogens (tertiary/aromatic N) is 2. The molecule has 3 aromatic rings. The third-order valence-electron chi connectivity index (χ3n) is 2.79. The van der Waals surface area contributed by atoms with E-state index in [4.69, 9.17) is 5.11 Å². The van der Waals surface area contributed by atoms with Crippen LogP contribution in [0.4, 0.5) is 4.39 Å². The number of thiophene rings is 1. The van der Waals surface area contributed by atoms with Gasteiger partial charge < -0.3 is 5.11 Å². The number of aromatic nitrogens is 2. The molecule has 5 nitrogen and oxygen atoms in total. The van der Waals surface area contributed by atoms with Gasteiger partial charge in [0, 0.05) is 0 Å². The summed E-state index contributed by atoms with van der Waals surface area (Å²) in [7, 11) is 0. The van der Waals surface area contributed by atoms with Crippen molar-refractivity contribution in [3.63, 3.8) is 0 Å². The van der Waals surface area contributed by atoms with Crippen molar-refractivity contribution in [1.82, 2.24) is 9.78 Å². The molecule has 0 aliphatic rings. The summed E-state index contributed by atoms with van der Waals surface area (Å²) in [5.41, 5.74) is -0.887. The molecule has 0 aliphatic heterocycles. The number of hydrogen-bond acceptors (Lipinski definition) is 4. The van der Waals surface area contributed by atoms with Crippen LogP contribution in [0.3, 0.4) is 0 Å². The smallest absolute Gasteiger partial charge is 0.357 e. The fourth-order valence-electron chi connectivity index (χ4n) is 1.89. The number of para-hydroxylation sites is 1. The van der Waals surface area contributed by atoms with Gasteiger partial charge in [-0.15, -0.1) is 11.3 Å². The van der Waals surface area contributed by atoms with E-state index in [1.807, 2.05) is 0 Å². The fourth-order valence-corrected chi connectivity index (χ4v) is 2.75. The van der Waals surface area contributed by atoms with Crippen LogP contribution in [0, 0.1) is 5.82 Å². The Balaban J connectivity index is 2.43. The third kappa shape index (κ3) is 1.79. The highest BCUT2D eigenvalue weighted by molar-refractivity contribution is 7.17. The summed E-state index contributed by atoms with van der Waals surface area (Å²) >= 11 is 1.11. The first-order valence-corrected chi connectivity index (χ1v) is 6.46. The highest BCUT2D eigenvalue weighted by Crippen LogP contribution is 2.21. The highest BCUT2D eigenvalue weighted by Gasteiger charge is 2.18. The number of hydrogen-bond donors (Lipinski definition) is 1. The topological polar surface area (TPSA) is 72.2 Å².